The Bertz CT molecular complexity index is 871. The number of hydrogen-bond donors (Lipinski definition) is 2. The largest absolute Gasteiger partial charge is 0.490 e. The van der Waals surface area contributed by atoms with Gasteiger partial charge in [-0.25, -0.2) is 4.79 Å². The molecule has 0 saturated carbocycles. The summed E-state index contributed by atoms with van der Waals surface area (Å²) in [6, 6.07) is 15.1. The minimum absolute atomic E-state index is 0.0742. The van der Waals surface area contributed by atoms with Crippen LogP contribution in [0.15, 0.2) is 59.5 Å². The number of anilines is 1. The second-order valence-electron chi connectivity index (χ2n) is 5.23. The van der Waals surface area contributed by atoms with Crippen molar-refractivity contribution in [1.29, 1.82) is 0 Å². The Hall–Kier alpha value is -2.86. The number of nitrogen functional groups attached to an aromatic ring is 1. The van der Waals surface area contributed by atoms with E-state index in [4.69, 9.17) is 10.5 Å². The Kier molecular flexibility index (Phi) is 4.25. The zero-order valence-electron chi connectivity index (χ0n) is 12.4. The maximum absolute atomic E-state index is 11.6. The molecule has 3 rings (SSSR count). The molecule has 6 nitrogen and oxygen atoms in total. The topological polar surface area (TPSA) is 90.4 Å². The summed E-state index contributed by atoms with van der Waals surface area (Å²) in [6.07, 6.45) is 0.670. The number of aliphatic hydroxyl groups excluding tert-OH is 1. The number of aromatic nitrogens is 2. The van der Waals surface area contributed by atoms with Gasteiger partial charge in [-0.2, -0.15) is 4.98 Å². The second-order valence-corrected chi connectivity index (χ2v) is 5.23. The summed E-state index contributed by atoms with van der Waals surface area (Å²) in [5, 5.41) is 12.1. The van der Waals surface area contributed by atoms with E-state index in [1.165, 1.54) is 16.8 Å². The number of fused-ring (bicyclic) bond motifs is 1. The number of benzene rings is 2. The quantitative estimate of drug-likeness (QED) is 0.743. The van der Waals surface area contributed by atoms with Crippen LogP contribution in [0.4, 0.5) is 5.82 Å². The molecule has 0 radical (unpaired) electrons. The fourth-order valence-corrected chi connectivity index (χ4v) is 2.37. The van der Waals surface area contributed by atoms with Crippen LogP contribution in [0.2, 0.25) is 0 Å². The van der Waals surface area contributed by atoms with E-state index < -0.39 is 11.8 Å². The van der Waals surface area contributed by atoms with E-state index in [1.807, 2.05) is 42.5 Å². The minimum atomic E-state index is -0.836. The normalized spacial score (nSPS) is 12.2. The van der Waals surface area contributed by atoms with Gasteiger partial charge in [-0.05, 0) is 17.5 Å². The van der Waals surface area contributed by atoms with Crippen molar-refractivity contribution in [2.24, 2.45) is 0 Å². The third-order valence-electron chi connectivity index (χ3n) is 3.48. The zero-order valence-corrected chi connectivity index (χ0v) is 12.4. The maximum Gasteiger partial charge on any atom is 0.349 e. The average molecular weight is 311 g/mol. The molecule has 0 saturated heterocycles. The van der Waals surface area contributed by atoms with Crippen molar-refractivity contribution >= 4 is 16.6 Å². The van der Waals surface area contributed by atoms with Crippen LogP contribution in [0.5, 0.6) is 5.75 Å². The van der Waals surface area contributed by atoms with Crippen LogP contribution in [0.25, 0.3) is 10.8 Å². The Morgan fingerprint density at radius 1 is 1.17 bits per heavy atom. The van der Waals surface area contributed by atoms with Crippen molar-refractivity contribution in [3.8, 4) is 5.75 Å². The molecule has 1 heterocycles. The van der Waals surface area contributed by atoms with Crippen molar-refractivity contribution in [1.82, 2.24) is 9.55 Å². The molecule has 0 aliphatic heterocycles. The zero-order chi connectivity index (χ0) is 16.2. The highest BCUT2D eigenvalue weighted by Crippen LogP contribution is 2.25. The molecule has 0 amide bonds. The maximum atomic E-state index is 11.6. The molecule has 6 heteroatoms. The highest BCUT2D eigenvalue weighted by atomic mass is 16.5. The van der Waals surface area contributed by atoms with Gasteiger partial charge < -0.3 is 15.6 Å². The van der Waals surface area contributed by atoms with Crippen LogP contribution in [0.3, 0.4) is 0 Å². The first-order valence-electron chi connectivity index (χ1n) is 7.25. The van der Waals surface area contributed by atoms with Gasteiger partial charge in [0.25, 0.3) is 0 Å². The van der Waals surface area contributed by atoms with Crippen molar-refractivity contribution < 1.29 is 9.84 Å². The molecule has 0 bridgehead atoms. The van der Waals surface area contributed by atoms with E-state index in [-0.39, 0.29) is 19.0 Å². The van der Waals surface area contributed by atoms with Crippen LogP contribution in [-0.2, 0) is 6.54 Å². The van der Waals surface area contributed by atoms with Crippen LogP contribution in [0, 0.1) is 0 Å². The molecule has 2 aromatic carbocycles. The highest BCUT2D eigenvalue weighted by molar-refractivity contribution is 5.88. The predicted octanol–water partition coefficient (Wildman–Crippen LogP) is 1.42. The molecule has 0 aliphatic carbocycles. The third kappa shape index (κ3) is 3.49. The van der Waals surface area contributed by atoms with Gasteiger partial charge in [0.05, 0.1) is 6.54 Å². The molecule has 0 spiro atoms. The van der Waals surface area contributed by atoms with Gasteiger partial charge in [-0.1, -0.05) is 36.4 Å². The summed E-state index contributed by atoms with van der Waals surface area (Å²) >= 11 is 0. The average Bonchev–Trinajstić information content (AvgIpc) is 2.55. The van der Waals surface area contributed by atoms with Crippen molar-refractivity contribution in [3.63, 3.8) is 0 Å². The highest BCUT2D eigenvalue weighted by Gasteiger charge is 2.09. The van der Waals surface area contributed by atoms with E-state index >= 15 is 0 Å². The Morgan fingerprint density at radius 3 is 2.78 bits per heavy atom. The second kappa shape index (κ2) is 6.50. The Balaban J connectivity index is 1.68. The minimum Gasteiger partial charge on any atom is -0.490 e. The molecular weight excluding hydrogens is 294 g/mol. The van der Waals surface area contributed by atoms with Gasteiger partial charge in [0.1, 0.15) is 24.3 Å². The fourth-order valence-electron chi connectivity index (χ4n) is 2.37. The fraction of sp³-hybridized carbons (Fsp3) is 0.176. The van der Waals surface area contributed by atoms with Crippen LogP contribution < -0.4 is 16.2 Å². The molecule has 118 valence electrons. The van der Waals surface area contributed by atoms with Crippen LogP contribution in [-0.4, -0.2) is 27.4 Å². The molecule has 0 aliphatic rings. The van der Waals surface area contributed by atoms with Crippen molar-refractivity contribution in [3.05, 3.63) is 65.2 Å². The first kappa shape index (κ1) is 15.1. The number of ether oxygens (including phenoxy) is 1. The molecule has 0 fully saturated rings. The molecule has 3 N–H and O–H groups in total. The first-order chi connectivity index (χ1) is 11.1. The van der Waals surface area contributed by atoms with E-state index in [9.17, 15) is 9.90 Å². The van der Waals surface area contributed by atoms with Gasteiger partial charge in [0.15, 0.2) is 0 Å². The number of aliphatic hydroxyl groups is 1. The van der Waals surface area contributed by atoms with Gasteiger partial charge in [0.2, 0.25) is 0 Å². The molecule has 0 unspecified atom stereocenters. The summed E-state index contributed by atoms with van der Waals surface area (Å²) in [7, 11) is 0. The molecular formula is C17H17N3O3. The number of rotatable bonds is 5. The summed E-state index contributed by atoms with van der Waals surface area (Å²) in [5.74, 6) is 0.859. The Labute approximate surface area is 132 Å². The summed E-state index contributed by atoms with van der Waals surface area (Å²) in [4.78, 5) is 15.3. The monoisotopic (exact) mass is 311 g/mol. The lowest BCUT2D eigenvalue weighted by Crippen LogP contribution is -2.31. The number of nitrogens with two attached hydrogens (primary N) is 1. The van der Waals surface area contributed by atoms with Gasteiger partial charge in [0, 0.05) is 11.6 Å². The standard InChI is InChI=1S/C17H17N3O3/c18-16-8-9-20(17(22)19-16)10-13(21)11-23-15-7-3-5-12-4-1-2-6-14(12)15/h1-9,13,21H,10-11H2,(H2,18,19,22)/t13-/m1/s1. The smallest absolute Gasteiger partial charge is 0.349 e. The summed E-state index contributed by atoms with van der Waals surface area (Å²) < 4.78 is 7.01. The molecule has 23 heavy (non-hydrogen) atoms. The van der Waals surface area contributed by atoms with Crippen molar-refractivity contribution in [2.45, 2.75) is 12.6 Å². The lowest BCUT2D eigenvalue weighted by molar-refractivity contribution is 0.0920. The van der Waals surface area contributed by atoms with Crippen LogP contribution >= 0.6 is 0 Å². The SMILES string of the molecule is Nc1ccn(C[C@@H](O)COc2cccc3ccccc23)c(=O)n1. The summed E-state index contributed by atoms with van der Waals surface area (Å²) in [5.41, 5.74) is 4.94. The predicted molar refractivity (Wildman–Crippen MR) is 88.4 cm³/mol. The van der Waals surface area contributed by atoms with E-state index in [0.717, 1.165) is 10.8 Å². The van der Waals surface area contributed by atoms with Crippen LogP contribution in [0.1, 0.15) is 0 Å². The number of hydrogen-bond acceptors (Lipinski definition) is 5. The van der Waals surface area contributed by atoms with E-state index in [0.29, 0.717) is 5.75 Å². The first-order valence-corrected chi connectivity index (χ1v) is 7.25. The van der Waals surface area contributed by atoms with Gasteiger partial charge in [-0.3, -0.25) is 4.57 Å². The lowest BCUT2D eigenvalue weighted by atomic mass is 10.1. The van der Waals surface area contributed by atoms with Gasteiger partial charge in [-0.15, -0.1) is 0 Å². The molecule has 3 aromatic rings. The van der Waals surface area contributed by atoms with Gasteiger partial charge >= 0.3 is 5.69 Å². The third-order valence-corrected chi connectivity index (χ3v) is 3.48. The van der Waals surface area contributed by atoms with E-state index in [1.54, 1.807) is 0 Å². The lowest BCUT2D eigenvalue weighted by Gasteiger charge is -2.14. The number of nitrogens with zero attached hydrogens (tertiary/aromatic N) is 2. The van der Waals surface area contributed by atoms with E-state index in [2.05, 4.69) is 4.98 Å². The molecule has 1 aromatic heterocycles. The molecule has 1 atom stereocenters. The Morgan fingerprint density at radius 2 is 1.96 bits per heavy atom. The van der Waals surface area contributed by atoms with Crippen molar-refractivity contribution in [2.75, 3.05) is 12.3 Å². The summed E-state index contributed by atoms with van der Waals surface area (Å²) in [6.45, 7) is 0.168.